The van der Waals surface area contributed by atoms with Gasteiger partial charge in [-0.25, -0.2) is 8.42 Å². The van der Waals surface area contributed by atoms with Crippen molar-refractivity contribution in [1.29, 1.82) is 0 Å². The molecular formula is C20H15N5O13S3. The Balaban J connectivity index is 2.11. The Morgan fingerprint density at radius 3 is 1.88 bits per heavy atom. The van der Waals surface area contributed by atoms with E-state index in [2.05, 4.69) is 27.0 Å². The van der Waals surface area contributed by atoms with Crippen LogP contribution in [0.25, 0.3) is 0 Å². The molecule has 5 N–H and O–H groups in total. The van der Waals surface area contributed by atoms with Gasteiger partial charge in [-0.05, 0) is 36.4 Å². The Hall–Kier alpha value is -4.83. The van der Waals surface area contributed by atoms with E-state index >= 15 is 0 Å². The molecular weight excluding hydrogens is 614 g/mol. The van der Waals surface area contributed by atoms with E-state index in [1.165, 1.54) is 0 Å². The third-order valence-electron chi connectivity index (χ3n) is 4.93. The number of sulfone groups is 1. The average Bonchev–Trinajstić information content (AvgIpc) is 2.87. The van der Waals surface area contributed by atoms with Crippen molar-refractivity contribution in [2.75, 3.05) is 0 Å². The van der Waals surface area contributed by atoms with Crippen LogP contribution in [0.15, 0.2) is 89.6 Å². The minimum atomic E-state index is -5.07. The van der Waals surface area contributed by atoms with E-state index in [0.29, 0.717) is 23.6 Å². The van der Waals surface area contributed by atoms with Gasteiger partial charge in [0.15, 0.2) is 21.3 Å². The summed E-state index contributed by atoms with van der Waals surface area (Å²) in [4.78, 5) is 7.40. The van der Waals surface area contributed by atoms with Crippen molar-refractivity contribution < 1.29 is 54.6 Å². The molecule has 18 nitrogen and oxygen atoms in total. The van der Waals surface area contributed by atoms with Crippen LogP contribution in [0.3, 0.4) is 0 Å². The fraction of sp³-hybridized carbons (Fsp3) is 0. The zero-order valence-corrected chi connectivity index (χ0v) is 22.2. The maximum atomic E-state index is 12.0. The van der Waals surface area contributed by atoms with Gasteiger partial charge in [0.25, 0.3) is 20.2 Å². The molecule has 21 heteroatoms. The lowest BCUT2D eigenvalue weighted by Gasteiger charge is -2.07. The summed E-state index contributed by atoms with van der Waals surface area (Å²) in [6.07, 6.45) is 0. The molecule has 3 aromatic rings. The number of nitro benzene ring substituents is 1. The molecule has 216 valence electrons. The first-order chi connectivity index (χ1) is 18.9. The number of hydrogen-bond donors (Lipinski definition) is 5. The average molecular weight is 630 g/mol. The Morgan fingerprint density at radius 2 is 1.32 bits per heavy atom. The summed E-state index contributed by atoms with van der Waals surface area (Å²) in [5.74, 6) is -2.88. The van der Waals surface area contributed by atoms with E-state index in [9.17, 15) is 59.8 Å². The Labute approximate surface area is 229 Å². The summed E-state index contributed by atoms with van der Waals surface area (Å²) in [6.45, 7) is 3.10. The zero-order valence-electron chi connectivity index (χ0n) is 19.8. The van der Waals surface area contributed by atoms with Gasteiger partial charge in [-0.3, -0.25) is 19.2 Å². The van der Waals surface area contributed by atoms with E-state index in [0.717, 1.165) is 24.3 Å². The van der Waals surface area contributed by atoms with E-state index < -0.39 is 95.4 Å². The van der Waals surface area contributed by atoms with Crippen LogP contribution in [0, 0.1) is 10.1 Å². The van der Waals surface area contributed by atoms with Crippen LogP contribution in [-0.2, 0) is 30.1 Å². The Bertz CT molecular complexity index is 1990. The highest BCUT2D eigenvalue weighted by molar-refractivity contribution is 7.94. The van der Waals surface area contributed by atoms with Gasteiger partial charge in [0.1, 0.15) is 32.6 Å². The number of nitro groups is 1. The molecule has 0 fully saturated rings. The fourth-order valence-electron chi connectivity index (χ4n) is 2.95. The Kier molecular flexibility index (Phi) is 8.22. The highest BCUT2D eigenvalue weighted by Gasteiger charge is 2.25. The molecule has 0 bridgehead atoms. The monoisotopic (exact) mass is 629 g/mol. The lowest BCUT2D eigenvalue weighted by atomic mass is 10.2. The maximum Gasteiger partial charge on any atom is 0.314 e. The highest BCUT2D eigenvalue weighted by atomic mass is 32.2. The van der Waals surface area contributed by atoms with Crippen molar-refractivity contribution in [1.82, 2.24) is 0 Å². The van der Waals surface area contributed by atoms with E-state index in [-0.39, 0.29) is 0 Å². The van der Waals surface area contributed by atoms with Gasteiger partial charge in [0.05, 0.1) is 9.82 Å². The van der Waals surface area contributed by atoms with Crippen molar-refractivity contribution in [2.24, 2.45) is 20.5 Å². The summed E-state index contributed by atoms with van der Waals surface area (Å²) < 4.78 is 89.2. The molecule has 0 amide bonds. The first kappa shape index (κ1) is 30.7. The van der Waals surface area contributed by atoms with Gasteiger partial charge in [0, 0.05) is 11.5 Å². The zero-order chi connectivity index (χ0) is 30.9. The predicted molar refractivity (Wildman–Crippen MR) is 136 cm³/mol. The molecule has 0 atom stereocenters. The van der Waals surface area contributed by atoms with E-state index in [1.54, 1.807) is 0 Å². The molecule has 0 aliphatic carbocycles. The molecule has 0 saturated heterocycles. The largest absolute Gasteiger partial charge is 0.505 e. The minimum absolute atomic E-state index is 0.362. The van der Waals surface area contributed by atoms with Gasteiger partial charge >= 0.3 is 5.69 Å². The van der Waals surface area contributed by atoms with Crippen LogP contribution in [0.4, 0.5) is 28.4 Å². The third kappa shape index (κ3) is 6.67. The molecule has 0 aliphatic rings. The molecule has 0 aliphatic heterocycles. The van der Waals surface area contributed by atoms with Gasteiger partial charge < -0.3 is 15.3 Å². The highest BCUT2D eigenvalue weighted by Crippen LogP contribution is 2.45. The van der Waals surface area contributed by atoms with Crippen LogP contribution in [0.1, 0.15) is 0 Å². The molecule has 0 saturated carbocycles. The van der Waals surface area contributed by atoms with Crippen molar-refractivity contribution in [3.63, 3.8) is 0 Å². The van der Waals surface area contributed by atoms with Crippen molar-refractivity contribution >= 4 is 58.5 Å². The first-order valence-corrected chi connectivity index (χ1v) is 14.7. The standard InChI is InChI=1S/C20H15N5O13S3/c1-2-39(31,32)10-3-4-12(17(9-10)41(36,37)38)21-24-18-16(26)6-5-13(20(18)28)22-23-14-7-11(40(33,34)35)8-15(19(14)27)25(29)30/h2-9,26-28H,1H2,(H,33,34,35)(H,36,37,38)/b23-22+,24-21+. The van der Waals surface area contributed by atoms with E-state index in [1.807, 2.05) is 0 Å². The molecule has 41 heavy (non-hydrogen) atoms. The topological polar surface area (TPSA) is 296 Å². The number of phenolic OH excluding ortho intramolecular Hbond substituents is 3. The first-order valence-electron chi connectivity index (χ1n) is 10.2. The SMILES string of the molecule is C=CS(=O)(=O)c1ccc(/N=N/c2c(O)ccc(/N=N/c3cc(S(=O)(=O)O)cc([N+](=O)[O-])c3O)c2O)c(S(=O)(=O)O)c1. The summed E-state index contributed by atoms with van der Waals surface area (Å²) in [6, 6.07) is 5.05. The second-order valence-corrected chi connectivity index (χ2v) is 12.3. The number of hydrogen-bond acceptors (Lipinski definition) is 15. The number of benzene rings is 3. The van der Waals surface area contributed by atoms with Gasteiger partial charge in [-0.15, -0.1) is 20.5 Å². The predicted octanol–water partition coefficient (Wildman–Crippen LogP) is 3.95. The number of azo groups is 2. The number of aromatic hydroxyl groups is 3. The molecule has 0 radical (unpaired) electrons. The number of rotatable bonds is 9. The molecule has 0 unspecified atom stereocenters. The normalized spacial score (nSPS) is 12.6. The minimum Gasteiger partial charge on any atom is -0.505 e. The molecule has 3 rings (SSSR count). The summed E-state index contributed by atoms with van der Waals surface area (Å²) in [5.41, 5.74) is -3.90. The van der Waals surface area contributed by atoms with Crippen molar-refractivity contribution in [2.45, 2.75) is 14.7 Å². The second-order valence-electron chi connectivity index (χ2n) is 7.56. The second kappa shape index (κ2) is 11.0. The van der Waals surface area contributed by atoms with Crippen molar-refractivity contribution in [3.8, 4) is 17.2 Å². The fourth-order valence-corrected chi connectivity index (χ4v) is 4.93. The molecule has 0 aromatic heterocycles. The van der Waals surface area contributed by atoms with Gasteiger partial charge in [-0.1, -0.05) is 6.58 Å². The van der Waals surface area contributed by atoms with Crippen LogP contribution in [-0.4, -0.2) is 54.6 Å². The van der Waals surface area contributed by atoms with Gasteiger partial charge in [0.2, 0.25) is 5.75 Å². The quantitative estimate of drug-likeness (QED) is 0.0970. The van der Waals surface area contributed by atoms with Crippen molar-refractivity contribution in [3.05, 3.63) is 64.6 Å². The van der Waals surface area contributed by atoms with Crippen LogP contribution in [0.5, 0.6) is 17.2 Å². The van der Waals surface area contributed by atoms with Gasteiger partial charge in [-0.2, -0.15) is 16.8 Å². The van der Waals surface area contributed by atoms with Crippen LogP contribution < -0.4 is 0 Å². The van der Waals surface area contributed by atoms with Crippen LogP contribution >= 0.6 is 0 Å². The van der Waals surface area contributed by atoms with E-state index in [4.69, 9.17) is 0 Å². The number of nitrogens with zero attached hydrogens (tertiary/aromatic N) is 5. The smallest absolute Gasteiger partial charge is 0.314 e. The molecule has 0 heterocycles. The lowest BCUT2D eigenvalue weighted by Crippen LogP contribution is -2.02. The summed E-state index contributed by atoms with van der Waals surface area (Å²) >= 11 is 0. The summed E-state index contributed by atoms with van der Waals surface area (Å²) in [5, 5.41) is 56.3. The third-order valence-corrected chi connectivity index (χ3v) is 7.99. The number of phenols is 3. The molecule has 3 aromatic carbocycles. The van der Waals surface area contributed by atoms with Crippen LogP contribution in [0.2, 0.25) is 0 Å². The molecule has 0 spiro atoms. The Morgan fingerprint density at radius 1 is 0.732 bits per heavy atom. The summed E-state index contributed by atoms with van der Waals surface area (Å²) in [7, 11) is -14.2. The maximum absolute atomic E-state index is 12.0. The lowest BCUT2D eigenvalue weighted by molar-refractivity contribution is -0.386.